The van der Waals surface area contributed by atoms with E-state index in [2.05, 4.69) is 15.7 Å². The molecule has 1 saturated heterocycles. The van der Waals surface area contributed by atoms with Gasteiger partial charge in [-0.1, -0.05) is 25.1 Å². The maximum atomic E-state index is 13.6. The number of halogens is 3. The molecule has 3 atom stereocenters. The number of aromatic nitrogens is 2. The van der Waals surface area contributed by atoms with Crippen molar-refractivity contribution >= 4 is 17.4 Å². The second-order valence-corrected chi connectivity index (χ2v) is 8.08. The molecule has 0 bridgehead atoms. The molecule has 2 aliphatic rings. The number of rotatable bonds is 5. The summed E-state index contributed by atoms with van der Waals surface area (Å²) >= 11 is 0. The summed E-state index contributed by atoms with van der Waals surface area (Å²) in [5.41, 5.74) is 1.41. The van der Waals surface area contributed by atoms with Crippen molar-refractivity contribution in [1.82, 2.24) is 14.7 Å². The monoisotopic (exact) mass is 421 g/mol. The lowest BCUT2D eigenvalue weighted by molar-refractivity contribution is -0.173. The Morgan fingerprint density at radius 3 is 2.77 bits per heavy atom. The van der Waals surface area contributed by atoms with E-state index in [1.165, 1.54) is 0 Å². The number of benzene rings is 1. The molecule has 1 fully saturated rings. The summed E-state index contributed by atoms with van der Waals surface area (Å²) in [4.78, 5) is 14.3. The number of para-hydroxylation sites is 1. The van der Waals surface area contributed by atoms with E-state index in [1.807, 2.05) is 42.2 Å². The number of hydrogen-bond donors (Lipinski definition) is 2. The zero-order chi connectivity index (χ0) is 21.3. The predicted molar refractivity (Wildman–Crippen MR) is 109 cm³/mol. The van der Waals surface area contributed by atoms with Crippen LogP contribution < -0.4 is 10.6 Å². The highest BCUT2D eigenvalue weighted by Crippen LogP contribution is 2.41. The Morgan fingerprint density at radius 1 is 1.30 bits per heavy atom. The number of alkyl halides is 3. The van der Waals surface area contributed by atoms with Crippen LogP contribution in [0.25, 0.3) is 0 Å². The van der Waals surface area contributed by atoms with E-state index in [1.54, 1.807) is 6.07 Å². The third-order valence-corrected chi connectivity index (χ3v) is 5.90. The van der Waals surface area contributed by atoms with Gasteiger partial charge in [-0.15, -0.1) is 0 Å². The Bertz CT molecular complexity index is 883. The molecule has 9 heteroatoms. The Labute approximate surface area is 173 Å². The van der Waals surface area contributed by atoms with Gasteiger partial charge in [0, 0.05) is 30.3 Å². The zero-order valence-corrected chi connectivity index (χ0v) is 16.8. The maximum Gasteiger partial charge on any atom is 0.410 e. The van der Waals surface area contributed by atoms with Crippen LogP contribution in [0.4, 0.5) is 24.7 Å². The second kappa shape index (κ2) is 8.29. The molecule has 1 amide bonds. The number of anilines is 2. The maximum absolute atomic E-state index is 13.6. The number of nitrogens with zero attached hydrogens (tertiary/aromatic N) is 3. The molecule has 3 heterocycles. The zero-order valence-electron chi connectivity index (χ0n) is 16.8. The minimum atomic E-state index is -4.33. The normalized spacial score (nSPS) is 24.3. The molecule has 0 aliphatic carbocycles. The number of carbonyl (C=O) groups is 1. The SMILES string of the molecule is CC[C@H]1C[C@@H](C(F)(F)F)n2nc([C@@H]3CCN(CC(=O)Nc4ccccc4)C3)cc2N1. The van der Waals surface area contributed by atoms with Crippen LogP contribution in [0.1, 0.15) is 43.8 Å². The molecule has 0 spiro atoms. The summed E-state index contributed by atoms with van der Waals surface area (Å²) in [7, 11) is 0. The van der Waals surface area contributed by atoms with Gasteiger partial charge in [0.1, 0.15) is 5.82 Å². The quantitative estimate of drug-likeness (QED) is 0.766. The first-order chi connectivity index (χ1) is 14.3. The molecule has 162 valence electrons. The van der Waals surface area contributed by atoms with E-state index >= 15 is 0 Å². The number of amides is 1. The number of likely N-dealkylation sites (tertiary alicyclic amines) is 1. The van der Waals surface area contributed by atoms with Crippen LogP contribution in [0, 0.1) is 0 Å². The summed E-state index contributed by atoms with van der Waals surface area (Å²) in [6.45, 7) is 3.45. The van der Waals surface area contributed by atoms with Gasteiger partial charge in [0.2, 0.25) is 5.91 Å². The Balaban J connectivity index is 1.41. The van der Waals surface area contributed by atoms with Crippen molar-refractivity contribution in [2.75, 3.05) is 30.3 Å². The Morgan fingerprint density at radius 2 is 2.07 bits per heavy atom. The van der Waals surface area contributed by atoms with Crippen molar-refractivity contribution in [1.29, 1.82) is 0 Å². The van der Waals surface area contributed by atoms with Crippen molar-refractivity contribution in [2.45, 2.75) is 50.4 Å². The summed E-state index contributed by atoms with van der Waals surface area (Å²) in [5.74, 6) is 0.352. The molecule has 0 radical (unpaired) electrons. The molecule has 1 aromatic heterocycles. The van der Waals surface area contributed by atoms with E-state index < -0.39 is 12.2 Å². The number of carbonyl (C=O) groups excluding carboxylic acids is 1. The Hall–Kier alpha value is -2.55. The third kappa shape index (κ3) is 4.45. The van der Waals surface area contributed by atoms with Crippen molar-refractivity contribution in [3.05, 3.63) is 42.1 Å². The average Bonchev–Trinajstić information content (AvgIpc) is 3.33. The van der Waals surface area contributed by atoms with Crippen molar-refractivity contribution in [2.24, 2.45) is 0 Å². The smallest absolute Gasteiger partial charge is 0.367 e. The van der Waals surface area contributed by atoms with E-state index in [0.29, 0.717) is 31.0 Å². The topological polar surface area (TPSA) is 62.2 Å². The average molecular weight is 421 g/mol. The molecule has 2 aromatic rings. The highest BCUT2D eigenvalue weighted by atomic mass is 19.4. The van der Waals surface area contributed by atoms with Gasteiger partial charge in [-0.2, -0.15) is 18.3 Å². The molecule has 2 aliphatic heterocycles. The lowest BCUT2D eigenvalue weighted by Gasteiger charge is -2.32. The van der Waals surface area contributed by atoms with Crippen LogP contribution in [-0.2, 0) is 4.79 Å². The van der Waals surface area contributed by atoms with E-state index in [9.17, 15) is 18.0 Å². The number of fused-ring (bicyclic) bond motifs is 1. The summed E-state index contributed by atoms with van der Waals surface area (Å²) in [6, 6.07) is 9.19. The Kier molecular flexibility index (Phi) is 5.73. The number of hydrogen-bond acceptors (Lipinski definition) is 4. The van der Waals surface area contributed by atoms with Gasteiger partial charge in [-0.3, -0.25) is 9.69 Å². The van der Waals surface area contributed by atoms with Crippen molar-refractivity contribution in [3.63, 3.8) is 0 Å². The van der Waals surface area contributed by atoms with Crippen LogP contribution in [0.2, 0.25) is 0 Å². The summed E-state index contributed by atoms with van der Waals surface area (Å²) < 4.78 is 41.8. The lowest BCUT2D eigenvalue weighted by atomic mass is 10.0. The van der Waals surface area contributed by atoms with Crippen LogP contribution in [0.15, 0.2) is 36.4 Å². The molecule has 2 N–H and O–H groups in total. The molecule has 30 heavy (non-hydrogen) atoms. The van der Waals surface area contributed by atoms with Crippen LogP contribution in [-0.4, -0.2) is 52.4 Å². The highest BCUT2D eigenvalue weighted by Gasteiger charge is 2.46. The first-order valence-electron chi connectivity index (χ1n) is 10.3. The summed E-state index contributed by atoms with van der Waals surface area (Å²) in [5, 5.41) is 10.4. The first kappa shape index (κ1) is 20.7. The van der Waals surface area contributed by atoms with E-state index in [0.717, 1.165) is 16.8 Å². The molecule has 0 unspecified atom stereocenters. The minimum Gasteiger partial charge on any atom is -0.367 e. The fourth-order valence-corrected chi connectivity index (χ4v) is 4.28. The number of nitrogens with one attached hydrogen (secondary N) is 2. The molecule has 6 nitrogen and oxygen atoms in total. The van der Waals surface area contributed by atoms with Gasteiger partial charge in [0.05, 0.1) is 12.2 Å². The van der Waals surface area contributed by atoms with Gasteiger partial charge in [-0.25, -0.2) is 4.68 Å². The van der Waals surface area contributed by atoms with Crippen LogP contribution in [0.3, 0.4) is 0 Å². The standard InChI is InChI=1S/C21H26F3N5O/c1-2-15-10-18(21(22,23)24)29-19(25-15)11-17(27-29)14-8-9-28(12-14)13-20(30)26-16-6-4-3-5-7-16/h3-7,11,14-15,18,25H,2,8-10,12-13H2,1H3,(H,26,30)/t14-,15+,18+/m1/s1. The molecule has 1 aromatic carbocycles. The van der Waals surface area contributed by atoms with Crippen LogP contribution >= 0.6 is 0 Å². The lowest BCUT2D eigenvalue weighted by Crippen LogP contribution is -2.38. The molecule has 4 rings (SSSR count). The van der Waals surface area contributed by atoms with Crippen molar-refractivity contribution < 1.29 is 18.0 Å². The van der Waals surface area contributed by atoms with Crippen LogP contribution in [0.5, 0.6) is 0 Å². The third-order valence-electron chi connectivity index (χ3n) is 5.90. The fourth-order valence-electron chi connectivity index (χ4n) is 4.28. The molecule has 0 saturated carbocycles. The largest absolute Gasteiger partial charge is 0.410 e. The molecular formula is C21H26F3N5O. The fraction of sp³-hybridized carbons (Fsp3) is 0.524. The second-order valence-electron chi connectivity index (χ2n) is 8.08. The molecular weight excluding hydrogens is 395 g/mol. The van der Waals surface area contributed by atoms with Gasteiger partial charge in [0.25, 0.3) is 0 Å². The summed E-state index contributed by atoms with van der Waals surface area (Å²) in [6.07, 6.45) is -2.95. The van der Waals surface area contributed by atoms with Gasteiger partial charge in [0.15, 0.2) is 6.04 Å². The van der Waals surface area contributed by atoms with E-state index in [4.69, 9.17) is 0 Å². The van der Waals surface area contributed by atoms with Gasteiger partial charge in [-0.05, 0) is 37.9 Å². The van der Waals surface area contributed by atoms with Crippen molar-refractivity contribution in [3.8, 4) is 0 Å². The first-order valence-corrected chi connectivity index (χ1v) is 10.3. The van der Waals surface area contributed by atoms with E-state index in [-0.39, 0.29) is 30.8 Å². The highest BCUT2D eigenvalue weighted by molar-refractivity contribution is 5.92. The minimum absolute atomic E-state index is 0.00936. The van der Waals surface area contributed by atoms with Gasteiger partial charge >= 0.3 is 6.18 Å². The predicted octanol–water partition coefficient (Wildman–Crippen LogP) is 4.01. The van der Waals surface area contributed by atoms with Gasteiger partial charge < -0.3 is 10.6 Å².